The second-order valence-electron chi connectivity index (χ2n) is 4.17. The Bertz CT molecular complexity index is 693. The highest BCUT2D eigenvalue weighted by atomic mass is 16.6. The van der Waals surface area contributed by atoms with Crippen molar-refractivity contribution in [2.75, 3.05) is 7.11 Å². The highest BCUT2D eigenvalue weighted by Gasteiger charge is 2.22. The molecule has 6 heteroatoms. The average molecular weight is 284 g/mol. The molecule has 0 saturated heterocycles. The van der Waals surface area contributed by atoms with Crippen molar-refractivity contribution in [2.24, 2.45) is 0 Å². The molecular weight excluding hydrogens is 272 g/mol. The molecule has 0 aliphatic heterocycles. The largest absolute Gasteiger partial charge is 0.493 e. The van der Waals surface area contributed by atoms with E-state index < -0.39 is 4.92 Å². The zero-order valence-electron chi connectivity index (χ0n) is 11.3. The lowest BCUT2D eigenvalue weighted by molar-refractivity contribution is -0.386. The van der Waals surface area contributed by atoms with Crippen LogP contribution in [0.1, 0.15) is 11.1 Å². The molecule has 2 aromatic rings. The summed E-state index contributed by atoms with van der Waals surface area (Å²) in [6, 6.07) is 13.7. The topological polar surface area (TPSA) is 85.4 Å². The molecule has 0 fully saturated rings. The van der Waals surface area contributed by atoms with Gasteiger partial charge in [-0.3, -0.25) is 10.1 Å². The Balaban J connectivity index is 2.37. The van der Waals surface area contributed by atoms with Crippen LogP contribution < -0.4 is 9.47 Å². The summed E-state index contributed by atoms with van der Waals surface area (Å²) in [6.07, 6.45) is 0. The minimum Gasteiger partial charge on any atom is -0.493 e. The first-order valence-corrected chi connectivity index (χ1v) is 6.09. The first-order valence-electron chi connectivity index (χ1n) is 6.09. The van der Waals surface area contributed by atoms with Crippen molar-refractivity contribution in [2.45, 2.75) is 6.61 Å². The van der Waals surface area contributed by atoms with Gasteiger partial charge in [-0.15, -0.1) is 0 Å². The number of nitriles is 1. The van der Waals surface area contributed by atoms with Gasteiger partial charge in [0.15, 0.2) is 5.75 Å². The lowest BCUT2D eigenvalue weighted by Gasteiger charge is -2.11. The number of nitrogens with zero attached hydrogens (tertiary/aromatic N) is 2. The molecule has 0 bridgehead atoms. The van der Waals surface area contributed by atoms with Crippen LogP contribution in [0, 0.1) is 21.4 Å². The summed E-state index contributed by atoms with van der Waals surface area (Å²) in [7, 11) is 1.37. The summed E-state index contributed by atoms with van der Waals surface area (Å²) in [4.78, 5) is 10.5. The van der Waals surface area contributed by atoms with E-state index in [-0.39, 0.29) is 29.4 Å². The maximum absolute atomic E-state index is 11.1. The van der Waals surface area contributed by atoms with Crippen molar-refractivity contribution in [3.05, 3.63) is 63.7 Å². The Morgan fingerprint density at radius 1 is 1.29 bits per heavy atom. The Morgan fingerprint density at radius 2 is 2.00 bits per heavy atom. The predicted molar refractivity (Wildman–Crippen MR) is 75.1 cm³/mol. The van der Waals surface area contributed by atoms with Crippen LogP contribution in [0.3, 0.4) is 0 Å². The van der Waals surface area contributed by atoms with Crippen molar-refractivity contribution in [1.29, 1.82) is 5.26 Å². The van der Waals surface area contributed by atoms with Crippen molar-refractivity contribution >= 4 is 5.69 Å². The van der Waals surface area contributed by atoms with Crippen molar-refractivity contribution in [1.82, 2.24) is 0 Å². The van der Waals surface area contributed by atoms with Crippen LogP contribution in [0.4, 0.5) is 5.69 Å². The molecule has 0 aliphatic rings. The number of methoxy groups -OCH3 is 1. The van der Waals surface area contributed by atoms with Crippen molar-refractivity contribution in [3.63, 3.8) is 0 Å². The third kappa shape index (κ3) is 3.28. The number of nitro groups is 1. The van der Waals surface area contributed by atoms with E-state index in [1.165, 1.54) is 19.2 Å². The standard InChI is InChI=1S/C15H12N2O4/c1-20-14-8-12(9-16)7-13(17(18)19)15(14)21-10-11-5-3-2-4-6-11/h2-8H,10H2,1H3. The molecule has 0 spiro atoms. The minimum atomic E-state index is -0.594. The highest BCUT2D eigenvalue weighted by Crippen LogP contribution is 2.38. The maximum atomic E-state index is 11.1. The second kappa shape index (κ2) is 6.39. The van der Waals surface area contributed by atoms with Crippen LogP contribution in [0.5, 0.6) is 11.5 Å². The third-order valence-electron chi connectivity index (χ3n) is 2.81. The van der Waals surface area contributed by atoms with Crippen molar-refractivity contribution in [3.8, 4) is 17.6 Å². The van der Waals surface area contributed by atoms with E-state index in [1.54, 1.807) is 0 Å². The third-order valence-corrected chi connectivity index (χ3v) is 2.81. The second-order valence-corrected chi connectivity index (χ2v) is 4.17. The van der Waals surface area contributed by atoms with Crippen molar-refractivity contribution < 1.29 is 14.4 Å². The summed E-state index contributed by atoms with van der Waals surface area (Å²) in [6.45, 7) is 0.171. The van der Waals surface area contributed by atoms with E-state index in [1.807, 2.05) is 36.4 Å². The first-order chi connectivity index (χ1) is 10.2. The molecule has 0 unspecified atom stereocenters. The van der Waals surface area contributed by atoms with Crippen LogP contribution in [0.2, 0.25) is 0 Å². The molecule has 0 heterocycles. The van der Waals surface area contributed by atoms with E-state index in [2.05, 4.69) is 0 Å². The smallest absolute Gasteiger partial charge is 0.316 e. The fraction of sp³-hybridized carbons (Fsp3) is 0.133. The Kier molecular flexibility index (Phi) is 4.36. The molecule has 2 rings (SSSR count). The van der Waals surface area contributed by atoms with E-state index in [4.69, 9.17) is 14.7 Å². The fourth-order valence-electron chi connectivity index (χ4n) is 1.81. The van der Waals surface area contributed by atoms with Gasteiger partial charge in [0.25, 0.3) is 0 Å². The summed E-state index contributed by atoms with van der Waals surface area (Å²) < 4.78 is 10.6. The lowest BCUT2D eigenvalue weighted by Crippen LogP contribution is -2.02. The number of hydrogen-bond acceptors (Lipinski definition) is 5. The molecule has 0 radical (unpaired) electrons. The van der Waals surface area contributed by atoms with Gasteiger partial charge < -0.3 is 9.47 Å². The van der Waals surface area contributed by atoms with Crippen LogP contribution in [-0.2, 0) is 6.61 Å². The number of hydrogen-bond donors (Lipinski definition) is 0. The SMILES string of the molecule is COc1cc(C#N)cc([N+](=O)[O-])c1OCc1ccccc1. The molecule has 6 nitrogen and oxygen atoms in total. The molecule has 0 aromatic heterocycles. The average Bonchev–Trinajstić information content (AvgIpc) is 2.52. The van der Waals surface area contributed by atoms with Crippen LogP contribution in [-0.4, -0.2) is 12.0 Å². The molecule has 0 aliphatic carbocycles. The Labute approximate surface area is 121 Å². The summed E-state index contributed by atoms with van der Waals surface area (Å²) in [5.74, 6) is 0.182. The molecule has 21 heavy (non-hydrogen) atoms. The maximum Gasteiger partial charge on any atom is 0.316 e. The molecule has 2 aromatic carbocycles. The fourth-order valence-corrected chi connectivity index (χ4v) is 1.81. The quantitative estimate of drug-likeness (QED) is 0.622. The number of benzene rings is 2. The van der Waals surface area contributed by atoms with Gasteiger partial charge in [-0.25, -0.2) is 0 Å². The van der Waals surface area contributed by atoms with Gasteiger partial charge in [0.05, 0.1) is 23.7 Å². The van der Waals surface area contributed by atoms with E-state index in [9.17, 15) is 10.1 Å². The predicted octanol–water partition coefficient (Wildman–Crippen LogP) is 3.05. The Morgan fingerprint density at radius 3 is 2.57 bits per heavy atom. The van der Waals surface area contributed by atoms with Gasteiger partial charge in [0.2, 0.25) is 5.75 Å². The van der Waals surface area contributed by atoms with Crippen LogP contribution >= 0.6 is 0 Å². The molecular formula is C15H12N2O4. The van der Waals surface area contributed by atoms with E-state index in [0.717, 1.165) is 5.56 Å². The molecule has 0 amide bonds. The molecule has 0 atom stereocenters. The van der Waals surface area contributed by atoms with Crippen LogP contribution in [0.25, 0.3) is 0 Å². The first kappa shape index (κ1) is 14.3. The lowest BCUT2D eigenvalue weighted by atomic mass is 10.2. The zero-order chi connectivity index (χ0) is 15.2. The minimum absolute atomic E-state index is 0.0188. The number of ether oxygens (including phenoxy) is 2. The van der Waals surface area contributed by atoms with Gasteiger partial charge >= 0.3 is 5.69 Å². The summed E-state index contributed by atoms with van der Waals surface area (Å²) >= 11 is 0. The number of nitro benzene ring substituents is 1. The zero-order valence-corrected chi connectivity index (χ0v) is 11.3. The van der Waals surface area contributed by atoms with Crippen LogP contribution in [0.15, 0.2) is 42.5 Å². The normalized spacial score (nSPS) is 9.71. The van der Waals surface area contributed by atoms with Gasteiger partial charge in [0, 0.05) is 12.1 Å². The summed E-state index contributed by atoms with van der Waals surface area (Å²) in [5, 5.41) is 20.0. The molecule has 0 saturated carbocycles. The van der Waals surface area contributed by atoms with Gasteiger partial charge in [-0.2, -0.15) is 5.26 Å². The molecule has 0 N–H and O–H groups in total. The van der Waals surface area contributed by atoms with E-state index in [0.29, 0.717) is 0 Å². The van der Waals surface area contributed by atoms with Gasteiger partial charge in [-0.1, -0.05) is 30.3 Å². The van der Waals surface area contributed by atoms with Gasteiger partial charge in [0.1, 0.15) is 6.61 Å². The van der Waals surface area contributed by atoms with E-state index >= 15 is 0 Å². The number of rotatable bonds is 5. The summed E-state index contributed by atoms with van der Waals surface area (Å²) in [5.41, 5.74) is 0.727. The van der Waals surface area contributed by atoms with Gasteiger partial charge in [-0.05, 0) is 5.56 Å². The molecule has 106 valence electrons. The monoisotopic (exact) mass is 284 g/mol. The Hall–Kier alpha value is -3.07. The highest BCUT2D eigenvalue weighted by molar-refractivity contribution is 5.60.